The van der Waals surface area contributed by atoms with Gasteiger partial charge in [0.1, 0.15) is 5.82 Å². The summed E-state index contributed by atoms with van der Waals surface area (Å²) in [4.78, 5) is 15.3. The number of benzene rings is 1. The molecule has 0 unspecified atom stereocenters. The maximum Gasteiger partial charge on any atom is 0.242 e. The van der Waals surface area contributed by atoms with Gasteiger partial charge in [0, 0.05) is 20.1 Å². The van der Waals surface area contributed by atoms with Gasteiger partial charge in [0.25, 0.3) is 0 Å². The van der Waals surface area contributed by atoms with Crippen LogP contribution in [0.2, 0.25) is 0 Å². The maximum atomic E-state index is 14.0. The first-order valence-electron chi connectivity index (χ1n) is 6.87. The number of carbonyl (C=O) groups excluding carboxylic acids is 1. The molecule has 0 aliphatic heterocycles. The van der Waals surface area contributed by atoms with E-state index in [9.17, 15) is 14.3 Å². The minimum atomic E-state index is -0.707. The summed E-state index contributed by atoms with van der Waals surface area (Å²) in [6.07, 6.45) is -0.707. The molecule has 0 aliphatic rings. The van der Waals surface area contributed by atoms with Crippen LogP contribution in [0, 0.1) is 5.82 Å². The Morgan fingerprint density at radius 2 is 1.95 bits per heavy atom. The van der Waals surface area contributed by atoms with E-state index in [2.05, 4.69) is 0 Å². The Balaban J connectivity index is 2.82. The minimum Gasteiger partial charge on any atom is -0.389 e. The molecule has 0 aliphatic carbocycles. The zero-order valence-electron chi connectivity index (χ0n) is 12.6. The van der Waals surface area contributed by atoms with Gasteiger partial charge in [0.15, 0.2) is 0 Å². The SMILES string of the molecule is CCN(CC)C(=O)CN(C)c1ccc([C@@H](C)O)cc1F. The second-order valence-electron chi connectivity index (χ2n) is 4.81. The van der Waals surface area contributed by atoms with E-state index in [0.717, 1.165) is 0 Å². The van der Waals surface area contributed by atoms with Gasteiger partial charge < -0.3 is 14.9 Å². The smallest absolute Gasteiger partial charge is 0.242 e. The number of anilines is 1. The van der Waals surface area contributed by atoms with Crippen LogP contribution in [-0.4, -0.2) is 42.6 Å². The molecule has 1 amide bonds. The van der Waals surface area contributed by atoms with Crippen LogP contribution in [0.4, 0.5) is 10.1 Å². The van der Waals surface area contributed by atoms with Gasteiger partial charge in [-0.25, -0.2) is 4.39 Å². The number of hydrogen-bond acceptors (Lipinski definition) is 3. The molecule has 0 heterocycles. The van der Waals surface area contributed by atoms with Gasteiger partial charge in [-0.05, 0) is 38.5 Å². The van der Waals surface area contributed by atoms with E-state index >= 15 is 0 Å². The Bertz CT molecular complexity index is 459. The number of aliphatic hydroxyl groups excluding tert-OH is 1. The lowest BCUT2D eigenvalue weighted by molar-refractivity contribution is -0.129. The lowest BCUT2D eigenvalue weighted by atomic mass is 10.1. The molecule has 1 rings (SSSR count). The van der Waals surface area contributed by atoms with Crippen LogP contribution in [0.1, 0.15) is 32.4 Å². The third kappa shape index (κ3) is 3.93. The molecule has 1 aromatic carbocycles. The first-order chi connectivity index (χ1) is 9.40. The molecule has 4 nitrogen and oxygen atoms in total. The predicted molar refractivity (Wildman–Crippen MR) is 78.2 cm³/mol. The number of nitrogens with zero attached hydrogens (tertiary/aromatic N) is 2. The zero-order valence-corrected chi connectivity index (χ0v) is 12.6. The van der Waals surface area contributed by atoms with Crippen LogP contribution in [0.15, 0.2) is 18.2 Å². The fourth-order valence-electron chi connectivity index (χ4n) is 2.06. The molecule has 0 spiro atoms. The van der Waals surface area contributed by atoms with Crippen LogP contribution in [0.5, 0.6) is 0 Å². The monoisotopic (exact) mass is 282 g/mol. The highest BCUT2D eigenvalue weighted by molar-refractivity contribution is 5.81. The van der Waals surface area contributed by atoms with Gasteiger partial charge in [0.05, 0.1) is 18.3 Å². The summed E-state index contributed by atoms with van der Waals surface area (Å²) in [6.45, 7) is 6.84. The van der Waals surface area contributed by atoms with Crippen LogP contribution in [0.3, 0.4) is 0 Å². The number of halogens is 1. The lowest BCUT2D eigenvalue weighted by Crippen LogP contribution is -2.39. The van der Waals surface area contributed by atoms with Crippen molar-refractivity contribution in [3.63, 3.8) is 0 Å². The van der Waals surface area contributed by atoms with Crippen LogP contribution >= 0.6 is 0 Å². The molecule has 0 aromatic heterocycles. The van der Waals surface area contributed by atoms with E-state index in [1.54, 1.807) is 35.9 Å². The summed E-state index contributed by atoms with van der Waals surface area (Å²) in [7, 11) is 1.68. The van der Waals surface area contributed by atoms with Gasteiger partial charge in [-0.1, -0.05) is 6.07 Å². The van der Waals surface area contributed by atoms with Crippen molar-refractivity contribution >= 4 is 11.6 Å². The molecule has 1 aromatic rings. The Kier molecular flexibility index (Phi) is 5.95. The van der Waals surface area contributed by atoms with E-state index < -0.39 is 11.9 Å². The van der Waals surface area contributed by atoms with Crippen molar-refractivity contribution in [3.8, 4) is 0 Å². The second kappa shape index (κ2) is 7.24. The number of aliphatic hydroxyl groups is 1. The van der Waals surface area contributed by atoms with Crippen molar-refractivity contribution in [1.82, 2.24) is 4.90 Å². The van der Waals surface area contributed by atoms with Crippen molar-refractivity contribution < 1.29 is 14.3 Å². The summed E-state index contributed by atoms with van der Waals surface area (Å²) in [5.41, 5.74) is 0.879. The average Bonchev–Trinajstić information content (AvgIpc) is 2.39. The summed E-state index contributed by atoms with van der Waals surface area (Å²) in [6, 6.07) is 4.56. The zero-order chi connectivity index (χ0) is 15.3. The second-order valence-corrected chi connectivity index (χ2v) is 4.81. The molecule has 1 atom stereocenters. The molecule has 0 saturated carbocycles. The Morgan fingerprint density at radius 3 is 2.40 bits per heavy atom. The molecule has 20 heavy (non-hydrogen) atoms. The van der Waals surface area contributed by atoms with Crippen molar-refractivity contribution in [2.45, 2.75) is 26.9 Å². The maximum absolute atomic E-state index is 14.0. The molecule has 0 fully saturated rings. The summed E-state index contributed by atoms with van der Waals surface area (Å²) in [5, 5.41) is 9.42. The van der Waals surface area contributed by atoms with E-state index in [4.69, 9.17) is 0 Å². The molecule has 0 bridgehead atoms. The predicted octanol–water partition coefficient (Wildman–Crippen LogP) is 2.18. The normalized spacial score (nSPS) is 12.1. The largest absolute Gasteiger partial charge is 0.389 e. The first kappa shape index (κ1) is 16.4. The van der Waals surface area contributed by atoms with Gasteiger partial charge in [-0.2, -0.15) is 0 Å². The van der Waals surface area contributed by atoms with E-state index in [0.29, 0.717) is 24.3 Å². The summed E-state index contributed by atoms with van der Waals surface area (Å²) in [5.74, 6) is -0.463. The molecule has 5 heteroatoms. The number of likely N-dealkylation sites (N-methyl/N-ethyl adjacent to an activating group) is 2. The highest BCUT2D eigenvalue weighted by Gasteiger charge is 2.16. The number of hydrogen-bond donors (Lipinski definition) is 1. The van der Waals surface area contributed by atoms with E-state index in [1.807, 2.05) is 13.8 Å². The molecule has 0 saturated heterocycles. The van der Waals surface area contributed by atoms with Crippen molar-refractivity contribution in [2.75, 3.05) is 31.6 Å². The fraction of sp³-hybridized carbons (Fsp3) is 0.533. The Hall–Kier alpha value is -1.62. The minimum absolute atomic E-state index is 0.0310. The highest BCUT2D eigenvalue weighted by Crippen LogP contribution is 2.22. The topological polar surface area (TPSA) is 43.8 Å². The first-order valence-corrected chi connectivity index (χ1v) is 6.87. The molecular weight excluding hydrogens is 259 g/mol. The van der Waals surface area contributed by atoms with Gasteiger partial charge in [-0.15, -0.1) is 0 Å². The third-order valence-electron chi connectivity index (χ3n) is 3.35. The number of rotatable bonds is 6. The molecular formula is C15H23FN2O2. The quantitative estimate of drug-likeness (QED) is 0.870. The highest BCUT2D eigenvalue weighted by atomic mass is 19.1. The standard InChI is InChI=1S/C15H23FN2O2/c1-5-18(6-2)15(20)10-17(4)14-8-7-12(11(3)19)9-13(14)16/h7-9,11,19H,5-6,10H2,1-4H3/t11-/m1/s1. The third-order valence-corrected chi connectivity index (χ3v) is 3.35. The summed E-state index contributed by atoms with van der Waals surface area (Å²) < 4.78 is 14.0. The van der Waals surface area contributed by atoms with E-state index in [1.165, 1.54) is 6.07 Å². The number of amides is 1. The van der Waals surface area contributed by atoms with Crippen molar-refractivity contribution in [1.29, 1.82) is 0 Å². The molecule has 112 valence electrons. The van der Waals surface area contributed by atoms with Crippen LogP contribution in [0.25, 0.3) is 0 Å². The van der Waals surface area contributed by atoms with E-state index in [-0.39, 0.29) is 12.5 Å². The van der Waals surface area contributed by atoms with Gasteiger partial charge in [-0.3, -0.25) is 4.79 Å². The van der Waals surface area contributed by atoms with Gasteiger partial charge >= 0.3 is 0 Å². The lowest BCUT2D eigenvalue weighted by Gasteiger charge is -2.25. The molecule has 1 N–H and O–H groups in total. The Morgan fingerprint density at radius 1 is 1.35 bits per heavy atom. The van der Waals surface area contributed by atoms with Crippen LogP contribution < -0.4 is 4.90 Å². The molecule has 0 radical (unpaired) electrons. The van der Waals surface area contributed by atoms with Crippen LogP contribution in [-0.2, 0) is 4.79 Å². The van der Waals surface area contributed by atoms with Gasteiger partial charge in [0.2, 0.25) is 5.91 Å². The summed E-state index contributed by atoms with van der Waals surface area (Å²) >= 11 is 0. The van der Waals surface area contributed by atoms with Crippen molar-refractivity contribution in [2.24, 2.45) is 0 Å². The average molecular weight is 282 g/mol. The Labute approximate surface area is 119 Å². The fourth-order valence-corrected chi connectivity index (χ4v) is 2.06. The number of carbonyl (C=O) groups is 1. The van der Waals surface area contributed by atoms with Crippen molar-refractivity contribution in [3.05, 3.63) is 29.6 Å².